The minimum absolute atomic E-state index is 0.0550. The van der Waals surface area contributed by atoms with Gasteiger partial charge in [-0.15, -0.1) is 0 Å². The lowest BCUT2D eigenvalue weighted by Crippen LogP contribution is -2.53. The smallest absolute Gasteiger partial charge is 0.248 e. The van der Waals surface area contributed by atoms with Gasteiger partial charge in [-0.25, -0.2) is 4.68 Å². The first-order chi connectivity index (χ1) is 17.7. The molecule has 186 valence electrons. The monoisotopic (exact) mass is 493 g/mol. The second kappa shape index (κ2) is 7.50. The fourth-order valence-electron chi connectivity index (χ4n) is 6.16. The number of hydrogen-bond acceptors (Lipinski definition) is 6. The summed E-state index contributed by atoms with van der Waals surface area (Å²) in [6.07, 6.45) is 2.07. The molecule has 2 N–H and O–H groups in total. The second-order valence-corrected chi connectivity index (χ2v) is 10.1. The number of rotatable bonds is 3. The van der Waals surface area contributed by atoms with Crippen LogP contribution < -0.4 is 20.1 Å². The van der Waals surface area contributed by atoms with Crippen LogP contribution in [0.3, 0.4) is 0 Å². The molecule has 3 aliphatic heterocycles. The molecule has 8 heteroatoms. The van der Waals surface area contributed by atoms with Crippen LogP contribution in [0.2, 0.25) is 0 Å². The summed E-state index contributed by atoms with van der Waals surface area (Å²) < 4.78 is 13.7. The number of nitrogens with zero attached hydrogens (tertiary/aromatic N) is 4. The van der Waals surface area contributed by atoms with E-state index in [1.807, 2.05) is 77.1 Å². The maximum absolute atomic E-state index is 14.8. The first-order valence-electron chi connectivity index (χ1n) is 12.3. The van der Waals surface area contributed by atoms with E-state index in [4.69, 9.17) is 20.3 Å². The van der Waals surface area contributed by atoms with Crippen LogP contribution in [0.25, 0.3) is 11.3 Å². The Morgan fingerprint density at radius 3 is 2.59 bits per heavy atom. The van der Waals surface area contributed by atoms with Gasteiger partial charge in [-0.3, -0.25) is 4.79 Å². The number of para-hydroxylation sites is 1. The molecule has 37 heavy (non-hydrogen) atoms. The van der Waals surface area contributed by atoms with Crippen LogP contribution >= 0.6 is 0 Å². The Morgan fingerprint density at radius 2 is 1.92 bits per heavy atom. The molecule has 0 aliphatic carbocycles. The molecule has 0 radical (unpaired) electrons. The second-order valence-electron chi connectivity index (χ2n) is 10.1. The van der Waals surface area contributed by atoms with Crippen molar-refractivity contribution in [1.29, 1.82) is 5.26 Å². The first kappa shape index (κ1) is 22.9. The van der Waals surface area contributed by atoms with Crippen molar-refractivity contribution in [1.82, 2.24) is 9.78 Å². The summed E-state index contributed by atoms with van der Waals surface area (Å²) in [6.45, 7) is 10.2. The van der Waals surface area contributed by atoms with Crippen LogP contribution in [-0.2, 0) is 10.2 Å². The molecular weight excluding hydrogens is 466 g/mol. The van der Waals surface area contributed by atoms with E-state index in [0.717, 1.165) is 22.5 Å². The van der Waals surface area contributed by atoms with Gasteiger partial charge >= 0.3 is 0 Å². The van der Waals surface area contributed by atoms with Gasteiger partial charge in [-0.1, -0.05) is 24.3 Å². The molecule has 1 amide bonds. The summed E-state index contributed by atoms with van der Waals surface area (Å²) in [5, 5.41) is 15.2. The Labute approximate surface area is 215 Å². The summed E-state index contributed by atoms with van der Waals surface area (Å²) in [6, 6.07) is 15.6. The number of aromatic nitrogens is 2. The normalized spacial score (nSPS) is 20.8. The number of ether oxygens (including phenoxy) is 2. The highest BCUT2D eigenvalue weighted by atomic mass is 16.5. The summed E-state index contributed by atoms with van der Waals surface area (Å²) in [4.78, 5) is 16.6. The van der Waals surface area contributed by atoms with Gasteiger partial charge in [0, 0.05) is 11.1 Å². The van der Waals surface area contributed by atoms with Crippen LogP contribution in [0.4, 0.5) is 5.69 Å². The van der Waals surface area contributed by atoms with Crippen LogP contribution in [0, 0.1) is 18.3 Å². The van der Waals surface area contributed by atoms with Gasteiger partial charge in [0.25, 0.3) is 0 Å². The number of fused-ring (bicyclic) bond motifs is 3. The molecule has 0 saturated carbocycles. The molecule has 4 heterocycles. The molecule has 1 spiro atoms. The third-order valence-electron chi connectivity index (χ3n) is 7.45. The molecule has 2 aromatic carbocycles. The fraction of sp³-hybridized carbons (Fsp3) is 0.276. The average molecular weight is 494 g/mol. The van der Waals surface area contributed by atoms with Crippen LogP contribution in [0.15, 0.2) is 60.0 Å². The van der Waals surface area contributed by atoms with Crippen molar-refractivity contribution in [3.8, 4) is 23.4 Å². The predicted octanol–water partition coefficient (Wildman–Crippen LogP) is 4.49. The van der Waals surface area contributed by atoms with Crippen molar-refractivity contribution in [2.75, 3.05) is 11.5 Å². The Kier molecular flexibility index (Phi) is 4.64. The molecule has 0 bridgehead atoms. The third kappa shape index (κ3) is 2.77. The zero-order valence-corrected chi connectivity index (χ0v) is 21.4. The maximum Gasteiger partial charge on any atom is 0.248 e. The number of nitrogens with two attached hydrogens (primary N) is 1. The van der Waals surface area contributed by atoms with Crippen molar-refractivity contribution in [2.45, 2.75) is 45.6 Å². The lowest BCUT2D eigenvalue weighted by atomic mass is 9.68. The maximum atomic E-state index is 14.8. The largest absolute Gasteiger partial charge is 0.494 e. The van der Waals surface area contributed by atoms with Gasteiger partial charge in [-0.2, -0.15) is 10.4 Å². The Bertz CT molecular complexity index is 1610. The highest BCUT2D eigenvalue weighted by Crippen LogP contribution is 2.61. The van der Waals surface area contributed by atoms with E-state index in [9.17, 15) is 10.1 Å². The van der Waals surface area contributed by atoms with E-state index < -0.39 is 11.0 Å². The van der Waals surface area contributed by atoms with Crippen molar-refractivity contribution in [2.24, 2.45) is 5.73 Å². The minimum Gasteiger partial charge on any atom is -0.494 e. The third-order valence-corrected chi connectivity index (χ3v) is 7.45. The summed E-state index contributed by atoms with van der Waals surface area (Å²) in [5.41, 5.74) is 9.51. The van der Waals surface area contributed by atoms with Gasteiger partial charge in [-0.05, 0) is 64.5 Å². The lowest BCUT2D eigenvalue weighted by molar-refractivity contribution is -0.121. The van der Waals surface area contributed by atoms with Crippen LogP contribution in [0.1, 0.15) is 50.1 Å². The summed E-state index contributed by atoms with van der Waals surface area (Å²) in [7, 11) is 0. The molecular formula is C29H27N5O3. The van der Waals surface area contributed by atoms with E-state index in [-0.39, 0.29) is 17.4 Å². The van der Waals surface area contributed by atoms with E-state index in [1.165, 1.54) is 0 Å². The molecule has 6 rings (SSSR count). The number of benzene rings is 2. The molecule has 1 atom stereocenters. The molecule has 0 saturated heterocycles. The van der Waals surface area contributed by atoms with Crippen molar-refractivity contribution in [3.05, 3.63) is 82.4 Å². The quantitative estimate of drug-likeness (QED) is 0.576. The van der Waals surface area contributed by atoms with E-state index >= 15 is 0 Å². The highest BCUT2D eigenvalue weighted by molar-refractivity contribution is 6.18. The first-order valence-corrected chi connectivity index (χ1v) is 12.3. The van der Waals surface area contributed by atoms with E-state index in [2.05, 4.69) is 12.1 Å². The predicted molar refractivity (Wildman–Crippen MR) is 139 cm³/mol. The molecule has 1 aromatic heterocycles. The number of anilines is 1. The van der Waals surface area contributed by atoms with Gasteiger partial charge in [0.05, 0.1) is 34.8 Å². The number of amides is 1. The Morgan fingerprint density at radius 1 is 1.19 bits per heavy atom. The number of carbonyl (C=O) groups excluding carboxylic acids is 1. The molecule has 3 aromatic rings. The van der Waals surface area contributed by atoms with Gasteiger partial charge < -0.3 is 20.1 Å². The van der Waals surface area contributed by atoms with Crippen molar-refractivity contribution >= 4 is 17.2 Å². The number of nitriles is 1. The fourth-order valence-corrected chi connectivity index (χ4v) is 6.16. The Hall–Kier alpha value is -4.51. The van der Waals surface area contributed by atoms with Crippen LogP contribution in [-0.4, -0.2) is 27.8 Å². The zero-order chi connectivity index (χ0) is 26.3. The number of hydrogen-bond donors (Lipinski definition) is 1. The van der Waals surface area contributed by atoms with Gasteiger partial charge in [0.15, 0.2) is 0 Å². The summed E-state index contributed by atoms with van der Waals surface area (Å²) in [5.74, 6) is 0.574. The molecule has 8 nitrogen and oxygen atoms in total. The standard InChI is InChI=1S/C29H27N5O3/c1-6-36-19-12-20-16(2)14-28(4,5)33-24(20)21(13-19)29(27(33)35)22(15-30)25(31)37-26-23(29)17(3)32-34(26)18-10-8-7-9-11-18/h7-14H,6,31H2,1-5H3. The number of carbonyl (C=O) groups is 1. The SMILES string of the molecule is CCOc1cc2c3c(c1)C1(C(=O)N3C(C)(C)C=C2C)C(C#N)=C(N)Oc2c1c(C)nn2-c1ccccc1. The molecule has 3 aliphatic rings. The van der Waals surface area contributed by atoms with E-state index in [0.29, 0.717) is 35.1 Å². The van der Waals surface area contributed by atoms with Gasteiger partial charge in [0.1, 0.15) is 22.8 Å². The van der Waals surface area contributed by atoms with Crippen molar-refractivity contribution in [3.63, 3.8) is 0 Å². The number of aryl methyl sites for hydroxylation is 1. The van der Waals surface area contributed by atoms with Crippen LogP contribution in [0.5, 0.6) is 11.6 Å². The number of allylic oxidation sites excluding steroid dienone is 1. The Balaban J connectivity index is 1.77. The highest BCUT2D eigenvalue weighted by Gasteiger charge is 2.64. The zero-order valence-electron chi connectivity index (χ0n) is 21.4. The van der Waals surface area contributed by atoms with E-state index in [1.54, 1.807) is 9.58 Å². The lowest BCUT2D eigenvalue weighted by Gasteiger charge is -2.40. The van der Waals surface area contributed by atoms with Gasteiger partial charge in [0.2, 0.25) is 17.7 Å². The summed E-state index contributed by atoms with van der Waals surface area (Å²) >= 11 is 0. The topological polar surface area (TPSA) is 106 Å². The molecule has 1 unspecified atom stereocenters. The average Bonchev–Trinajstić information content (AvgIpc) is 3.31. The van der Waals surface area contributed by atoms with Crippen molar-refractivity contribution < 1.29 is 14.3 Å². The minimum atomic E-state index is -1.53. The molecule has 0 fully saturated rings.